The Hall–Kier alpha value is -2.01. The summed E-state index contributed by atoms with van der Waals surface area (Å²) in [6, 6.07) is 4.25. The molecule has 84 valence electrons. The van der Waals surface area contributed by atoms with Gasteiger partial charge in [-0.15, -0.1) is 0 Å². The highest BCUT2D eigenvalue weighted by molar-refractivity contribution is 5.78. The molecule has 0 aromatic heterocycles. The number of hydrogen-bond acceptors (Lipinski definition) is 4. The lowest BCUT2D eigenvalue weighted by atomic mass is 10.1. The lowest BCUT2D eigenvalue weighted by Gasteiger charge is -1.97. The van der Waals surface area contributed by atoms with Gasteiger partial charge in [0.25, 0.3) is 5.69 Å². The minimum atomic E-state index is -0.521. The summed E-state index contributed by atoms with van der Waals surface area (Å²) >= 11 is 0. The number of nitrogens with zero attached hydrogens (tertiary/aromatic N) is 1. The van der Waals surface area contributed by atoms with Crippen molar-refractivity contribution >= 4 is 18.0 Å². The molecule has 1 aromatic carbocycles. The van der Waals surface area contributed by atoms with Gasteiger partial charge in [0.2, 0.25) is 0 Å². The second-order valence-electron chi connectivity index (χ2n) is 3.21. The maximum absolute atomic E-state index is 10.6. The highest BCUT2D eigenvalue weighted by atomic mass is 16.6. The first-order valence-corrected chi connectivity index (χ1v) is 4.78. The van der Waals surface area contributed by atoms with Gasteiger partial charge in [0.1, 0.15) is 6.29 Å². The number of benzene rings is 1. The fraction of sp³-hybridized carbons (Fsp3) is 0.182. The lowest BCUT2D eigenvalue weighted by molar-refractivity contribution is -0.384. The number of rotatable bonds is 5. The Labute approximate surface area is 92.7 Å². The number of aldehydes is 1. The highest BCUT2D eigenvalue weighted by Gasteiger charge is 2.07. The third-order valence-corrected chi connectivity index (χ3v) is 1.95. The van der Waals surface area contributed by atoms with E-state index in [1.807, 2.05) is 6.08 Å². The summed E-state index contributed by atoms with van der Waals surface area (Å²) < 4.78 is 0. The van der Waals surface area contributed by atoms with Crippen molar-refractivity contribution in [1.82, 2.24) is 0 Å². The van der Waals surface area contributed by atoms with Crippen LogP contribution in [0.25, 0.3) is 6.08 Å². The Kier molecular flexibility index (Phi) is 4.35. The van der Waals surface area contributed by atoms with E-state index < -0.39 is 4.92 Å². The summed E-state index contributed by atoms with van der Waals surface area (Å²) in [4.78, 5) is 20.7. The zero-order chi connectivity index (χ0) is 12.0. The molecule has 1 rings (SSSR count). The van der Waals surface area contributed by atoms with Crippen molar-refractivity contribution in [3.8, 4) is 0 Å². The van der Waals surface area contributed by atoms with Crippen LogP contribution < -0.4 is 5.73 Å². The third kappa shape index (κ3) is 3.29. The topological polar surface area (TPSA) is 86.2 Å². The van der Waals surface area contributed by atoms with Crippen molar-refractivity contribution in [2.24, 2.45) is 5.73 Å². The molecule has 2 N–H and O–H groups in total. The van der Waals surface area contributed by atoms with Crippen LogP contribution in [0.3, 0.4) is 0 Å². The van der Waals surface area contributed by atoms with E-state index >= 15 is 0 Å². The molecule has 0 atom stereocenters. The molecular weight excluding hydrogens is 208 g/mol. The van der Waals surface area contributed by atoms with Crippen LogP contribution in [0.2, 0.25) is 0 Å². The van der Waals surface area contributed by atoms with E-state index in [4.69, 9.17) is 5.73 Å². The molecule has 0 amide bonds. The van der Waals surface area contributed by atoms with Crippen LogP contribution in [0.15, 0.2) is 24.3 Å². The standard InChI is InChI=1S/C11H12N2O3/c12-4-2-1-3-9-5-10(8-14)7-11(6-9)13(15)16/h1,3,5-8H,2,4,12H2. The van der Waals surface area contributed by atoms with Crippen molar-refractivity contribution in [2.45, 2.75) is 6.42 Å². The first-order valence-electron chi connectivity index (χ1n) is 4.78. The van der Waals surface area contributed by atoms with E-state index in [9.17, 15) is 14.9 Å². The van der Waals surface area contributed by atoms with E-state index in [0.717, 1.165) is 0 Å². The summed E-state index contributed by atoms with van der Waals surface area (Å²) in [5, 5.41) is 10.6. The van der Waals surface area contributed by atoms with Crippen LogP contribution in [-0.4, -0.2) is 17.8 Å². The van der Waals surface area contributed by atoms with Gasteiger partial charge >= 0.3 is 0 Å². The molecule has 0 aliphatic carbocycles. The summed E-state index contributed by atoms with van der Waals surface area (Å²) in [6.07, 6.45) is 4.81. The molecule has 0 saturated carbocycles. The third-order valence-electron chi connectivity index (χ3n) is 1.95. The Morgan fingerprint density at radius 1 is 1.31 bits per heavy atom. The summed E-state index contributed by atoms with van der Waals surface area (Å²) in [5.74, 6) is 0. The number of nitro groups is 1. The van der Waals surface area contributed by atoms with Gasteiger partial charge in [0, 0.05) is 17.7 Å². The zero-order valence-electron chi connectivity index (χ0n) is 8.63. The molecule has 0 aliphatic rings. The Morgan fingerprint density at radius 3 is 2.56 bits per heavy atom. The molecule has 0 spiro atoms. The predicted octanol–water partition coefficient (Wildman–Crippen LogP) is 1.77. The van der Waals surface area contributed by atoms with Crippen LogP contribution >= 0.6 is 0 Å². The molecule has 0 saturated heterocycles. The van der Waals surface area contributed by atoms with Crippen molar-refractivity contribution in [3.05, 3.63) is 45.5 Å². The van der Waals surface area contributed by atoms with Gasteiger partial charge in [-0.1, -0.05) is 12.2 Å². The fourth-order valence-electron chi connectivity index (χ4n) is 1.24. The number of carbonyl (C=O) groups excluding carboxylic acids is 1. The molecular formula is C11H12N2O3. The van der Waals surface area contributed by atoms with Gasteiger partial charge in [0.15, 0.2) is 0 Å². The number of nitro benzene ring substituents is 1. The van der Waals surface area contributed by atoms with Gasteiger partial charge in [-0.2, -0.15) is 0 Å². The number of hydrogen-bond donors (Lipinski definition) is 1. The van der Waals surface area contributed by atoms with Crippen LogP contribution in [0.1, 0.15) is 22.3 Å². The normalized spacial score (nSPS) is 10.6. The van der Waals surface area contributed by atoms with E-state index in [-0.39, 0.29) is 5.69 Å². The Morgan fingerprint density at radius 2 is 2.00 bits per heavy atom. The van der Waals surface area contributed by atoms with Gasteiger partial charge in [-0.3, -0.25) is 14.9 Å². The van der Waals surface area contributed by atoms with Crippen molar-refractivity contribution in [2.75, 3.05) is 6.54 Å². The second-order valence-corrected chi connectivity index (χ2v) is 3.21. The number of nitrogens with two attached hydrogens (primary N) is 1. The molecule has 0 heterocycles. The average Bonchev–Trinajstić information content (AvgIpc) is 2.29. The fourth-order valence-corrected chi connectivity index (χ4v) is 1.24. The Balaban J connectivity index is 3.04. The molecule has 0 unspecified atom stereocenters. The first kappa shape index (κ1) is 12.1. The van der Waals surface area contributed by atoms with Crippen LogP contribution in [0.5, 0.6) is 0 Å². The molecule has 16 heavy (non-hydrogen) atoms. The van der Waals surface area contributed by atoms with Gasteiger partial charge in [-0.05, 0) is 24.6 Å². The highest BCUT2D eigenvalue weighted by Crippen LogP contribution is 2.17. The molecule has 5 heteroatoms. The van der Waals surface area contributed by atoms with E-state index in [1.165, 1.54) is 12.1 Å². The smallest absolute Gasteiger partial charge is 0.270 e. The van der Waals surface area contributed by atoms with Crippen LogP contribution in [-0.2, 0) is 0 Å². The summed E-state index contributed by atoms with van der Waals surface area (Å²) in [7, 11) is 0. The SMILES string of the molecule is NCCC=Cc1cc(C=O)cc([N+](=O)[O-])c1. The van der Waals surface area contributed by atoms with Gasteiger partial charge in [0.05, 0.1) is 4.92 Å². The summed E-state index contributed by atoms with van der Waals surface area (Å²) in [6.45, 7) is 0.520. The maximum atomic E-state index is 10.6. The summed E-state index contributed by atoms with van der Waals surface area (Å²) in [5.41, 5.74) is 6.15. The van der Waals surface area contributed by atoms with Crippen molar-refractivity contribution < 1.29 is 9.72 Å². The van der Waals surface area contributed by atoms with Crippen LogP contribution in [0, 0.1) is 10.1 Å². The second kappa shape index (κ2) is 5.77. The minimum absolute atomic E-state index is 0.0861. The lowest BCUT2D eigenvalue weighted by Crippen LogP contribution is -1.95. The van der Waals surface area contributed by atoms with Crippen molar-refractivity contribution in [3.63, 3.8) is 0 Å². The van der Waals surface area contributed by atoms with Gasteiger partial charge < -0.3 is 5.73 Å². The van der Waals surface area contributed by atoms with E-state index in [0.29, 0.717) is 30.4 Å². The molecule has 5 nitrogen and oxygen atoms in total. The largest absolute Gasteiger partial charge is 0.330 e. The Bertz CT molecular complexity index is 427. The van der Waals surface area contributed by atoms with Crippen LogP contribution in [0.4, 0.5) is 5.69 Å². The molecule has 0 aliphatic heterocycles. The average molecular weight is 220 g/mol. The number of non-ortho nitro benzene ring substituents is 1. The molecule has 0 bridgehead atoms. The zero-order valence-corrected chi connectivity index (χ0v) is 8.63. The molecule has 0 fully saturated rings. The number of carbonyl (C=O) groups is 1. The first-order chi connectivity index (χ1) is 7.67. The predicted molar refractivity (Wildman–Crippen MR) is 61.2 cm³/mol. The van der Waals surface area contributed by atoms with E-state index in [1.54, 1.807) is 12.1 Å². The minimum Gasteiger partial charge on any atom is -0.330 e. The van der Waals surface area contributed by atoms with Gasteiger partial charge in [-0.25, -0.2) is 0 Å². The van der Waals surface area contributed by atoms with Crippen molar-refractivity contribution in [1.29, 1.82) is 0 Å². The molecule has 1 aromatic rings. The quantitative estimate of drug-likeness (QED) is 0.465. The maximum Gasteiger partial charge on any atom is 0.270 e. The molecule has 0 radical (unpaired) electrons. The monoisotopic (exact) mass is 220 g/mol. The van der Waals surface area contributed by atoms with E-state index in [2.05, 4.69) is 0 Å².